The molecule has 1 amide bonds. The second-order valence-corrected chi connectivity index (χ2v) is 6.67. The lowest BCUT2D eigenvalue weighted by atomic mass is 9.86. The first kappa shape index (κ1) is 17.8. The van der Waals surface area contributed by atoms with E-state index < -0.39 is 12.0 Å². The minimum Gasteiger partial charge on any atom is -0.550 e. The van der Waals surface area contributed by atoms with Crippen molar-refractivity contribution in [1.82, 2.24) is 5.32 Å². The fourth-order valence-electron chi connectivity index (χ4n) is 3.24. The molecule has 0 radical (unpaired) electrons. The molecule has 0 spiro atoms. The molecule has 1 aromatic carbocycles. The van der Waals surface area contributed by atoms with Crippen LogP contribution in [0.2, 0.25) is 5.02 Å². The van der Waals surface area contributed by atoms with Crippen molar-refractivity contribution < 1.29 is 14.7 Å². The number of carbonyl (C=O) groups is 2. The summed E-state index contributed by atoms with van der Waals surface area (Å²) in [6, 6.07) is 6.32. The Labute approximate surface area is 142 Å². The van der Waals surface area contributed by atoms with Crippen LogP contribution in [0.15, 0.2) is 24.3 Å². The first-order valence-corrected chi connectivity index (χ1v) is 8.67. The fourth-order valence-corrected chi connectivity index (χ4v) is 3.51. The van der Waals surface area contributed by atoms with Gasteiger partial charge in [-0.25, -0.2) is 0 Å². The number of nitrogens with one attached hydrogen (secondary N) is 1. The van der Waals surface area contributed by atoms with Gasteiger partial charge < -0.3 is 15.2 Å². The van der Waals surface area contributed by atoms with Gasteiger partial charge in [0.25, 0.3) is 0 Å². The van der Waals surface area contributed by atoms with Gasteiger partial charge in [-0.05, 0) is 24.0 Å². The quantitative estimate of drug-likeness (QED) is 0.832. The number of carboxylic acids is 1. The number of hydrogen-bond donors (Lipinski definition) is 1. The molecule has 1 saturated carbocycles. The summed E-state index contributed by atoms with van der Waals surface area (Å²) in [4.78, 5) is 23.2. The van der Waals surface area contributed by atoms with Crippen molar-refractivity contribution in [3.63, 3.8) is 0 Å². The number of amides is 1. The zero-order valence-corrected chi connectivity index (χ0v) is 14.0. The molecule has 0 saturated heterocycles. The summed E-state index contributed by atoms with van der Waals surface area (Å²) < 4.78 is 0. The lowest BCUT2D eigenvalue weighted by Crippen LogP contribution is -2.34. The third-order valence-electron chi connectivity index (χ3n) is 4.49. The van der Waals surface area contributed by atoms with E-state index in [0.29, 0.717) is 22.9 Å². The molecule has 1 fully saturated rings. The molecular weight excluding hydrogens is 314 g/mol. The minimum absolute atomic E-state index is 0.123. The van der Waals surface area contributed by atoms with Crippen LogP contribution in [0.3, 0.4) is 0 Å². The van der Waals surface area contributed by atoms with Gasteiger partial charge in [0, 0.05) is 23.8 Å². The van der Waals surface area contributed by atoms with Gasteiger partial charge in [0.05, 0.1) is 6.04 Å². The molecule has 1 atom stereocenters. The Morgan fingerprint density at radius 2 is 1.91 bits per heavy atom. The van der Waals surface area contributed by atoms with Crippen molar-refractivity contribution in [2.45, 2.75) is 57.4 Å². The molecule has 1 aliphatic rings. The maximum Gasteiger partial charge on any atom is 0.220 e. The van der Waals surface area contributed by atoms with Crippen molar-refractivity contribution in [1.29, 1.82) is 0 Å². The lowest BCUT2D eigenvalue weighted by molar-refractivity contribution is -0.306. The maximum absolute atomic E-state index is 12.2. The van der Waals surface area contributed by atoms with E-state index in [1.54, 1.807) is 24.3 Å². The van der Waals surface area contributed by atoms with Crippen LogP contribution < -0.4 is 10.4 Å². The van der Waals surface area contributed by atoms with Crippen LogP contribution in [-0.4, -0.2) is 11.9 Å². The highest BCUT2D eigenvalue weighted by molar-refractivity contribution is 6.31. The van der Waals surface area contributed by atoms with Crippen molar-refractivity contribution in [2.75, 3.05) is 0 Å². The molecule has 0 aromatic heterocycles. The average molecular weight is 337 g/mol. The molecule has 0 heterocycles. The van der Waals surface area contributed by atoms with E-state index in [1.807, 2.05) is 0 Å². The van der Waals surface area contributed by atoms with Gasteiger partial charge in [-0.15, -0.1) is 0 Å². The van der Waals surface area contributed by atoms with Crippen molar-refractivity contribution in [3.8, 4) is 0 Å². The molecule has 0 aliphatic heterocycles. The average Bonchev–Trinajstić information content (AvgIpc) is 2.53. The van der Waals surface area contributed by atoms with Crippen LogP contribution >= 0.6 is 11.6 Å². The highest BCUT2D eigenvalue weighted by Gasteiger charge is 2.19. The Morgan fingerprint density at radius 3 is 2.57 bits per heavy atom. The molecule has 0 unspecified atom stereocenters. The van der Waals surface area contributed by atoms with E-state index in [0.717, 1.165) is 6.42 Å². The van der Waals surface area contributed by atoms with E-state index in [-0.39, 0.29) is 12.3 Å². The molecule has 23 heavy (non-hydrogen) atoms. The van der Waals surface area contributed by atoms with Gasteiger partial charge in [0.15, 0.2) is 0 Å². The number of aliphatic carboxylic acids is 1. The lowest BCUT2D eigenvalue weighted by Gasteiger charge is -2.23. The molecular formula is C18H23ClNO3-. The molecule has 2 rings (SSSR count). The van der Waals surface area contributed by atoms with Gasteiger partial charge in [-0.1, -0.05) is 61.9 Å². The summed E-state index contributed by atoms with van der Waals surface area (Å²) in [5, 5.41) is 14.2. The molecule has 0 bridgehead atoms. The number of carbonyl (C=O) groups excluding carboxylic acids is 2. The standard InChI is InChI=1S/C18H24ClNO3/c19-15-9-5-4-8-14(15)16(12-18(22)23)20-17(21)11-10-13-6-2-1-3-7-13/h4-5,8-9,13,16H,1-3,6-7,10-12H2,(H,20,21)(H,22,23)/p-1/t16-/m1/s1. The smallest absolute Gasteiger partial charge is 0.220 e. The fraction of sp³-hybridized carbons (Fsp3) is 0.556. The SMILES string of the molecule is O=C([O-])C[C@@H](NC(=O)CCC1CCCCC1)c1ccccc1Cl. The maximum atomic E-state index is 12.2. The Morgan fingerprint density at radius 1 is 1.22 bits per heavy atom. The predicted molar refractivity (Wildman–Crippen MR) is 87.8 cm³/mol. The van der Waals surface area contributed by atoms with E-state index in [1.165, 1.54) is 32.1 Å². The number of rotatable bonds is 7. The summed E-state index contributed by atoms with van der Waals surface area (Å²) in [6.45, 7) is 0. The van der Waals surface area contributed by atoms with Gasteiger partial charge in [-0.2, -0.15) is 0 Å². The van der Waals surface area contributed by atoms with Crippen molar-refractivity contribution in [2.24, 2.45) is 5.92 Å². The monoisotopic (exact) mass is 336 g/mol. The van der Waals surface area contributed by atoms with Crippen LogP contribution in [0.4, 0.5) is 0 Å². The van der Waals surface area contributed by atoms with Crippen LogP contribution in [0.25, 0.3) is 0 Å². The first-order chi connectivity index (χ1) is 11.1. The van der Waals surface area contributed by atoms with E-state index in [4.69, 9.17) is 11.6 Å². The molecule has 1 N–H and O–H groups in total. The van der Waals surface area contributed by atoms with Crippen LogP contribution in [0.1, 0.15) is 63.0 Å². The zero-order valence-electron chi connectivity index (χ0n) is 13.2. The van der Waals surface area contributed by atoms with Crippen molar-refractivity contribution in [3.05, 3.63) is 34.9 Å². The number of halogens is 1. The Bertz CT molecular complexity index is 541. The van der Waals surface area contributed by atoms with Crippen LogP contribution in [-0.2, 0) is 9.59 Å². The van der Waals surface area contributed by atoms with Crippen molar-refractivity contribution >= 4 is 23.5 Å². The zero-order chi connectivity index (χ0) is 16.7. The van der Waals surface area contributed by atoms with Crippen LogP contribution in [0.5, 0.6) is 0 Å². The normalized spacial score (nSPS) is 16.7. The van der Waals surface area contributed by atoms with Gasteiger partial charge >= 0.3 is 0 Å². The largest absolute Gasteiger partial charge is 0.550 e. The summed E-state index contributed by atoms with van der Waals surface area (Å²) in [5.74, 6) is -0.710. The molecule has 1 aliphatic carbocycles. The van der Waals surface area contributed by atoms with Crippen LogP contribution in [0, 0.1) is 5.92 Å². The summed E-state index contributed by atoms with van der Waals surface area (Å²) >= 11 is 6.12. The van der Waals surface area contributed by atoms with Gasteiger partial charge in [0.2, 0.25) is 5.91 Å². The molecule has 5 heteroatoms. The highest BCUT2D eigenvalue weighted by atomic mass is 35.5. The van der Waals surface area contributed by atoms with E-state index >= 15 is 0 Å². The van der Waals surface area contributed by atoms with E-state index in [9.17, 15) is 14.7 Å². The minimum atomic E-state index is -1.21. The number of carboxylic acid groups (broad SMARTS) is 1. The third kappa shape index (κ3) is 5.87. The summed E-state index contributed by atoms with van der Waals surface area (Å²) in [7, 11) is 0. The second-order valence-electron chi connectivity index (χ2n) is 6.26. The summed E-state index contributed by atoms with van der Waals surface area (Å²) in [5.41, 5.74) is 0.615. The van der Waals surface area contributed by atoms with Gasteiger partial charge in [0.1, 0.15) is 0 Å². The van der Waals surface area contributed by atoms with Gasteiger partial charge in [-0.3, -0.25) is 4.79 Å². The number of benzene rings is 1. The van der Waals surface area contributed by atoms with E-state index in [2.05, 4.69) is 5.32 Å². The second kappa shape index (κ2) is 8.92. The topological polar surface area (TPSA) is 69.2 Å². The third-order valence-corrected chi connectivity index (χ3v) is 4.84. The highest BCUT2D eigenvalue weighted by Crippen LogP contribution is 2.28. The predicted octanol–water partition coefficient (Wildman–Crippen LogP) is 3.00. The number of hydrogen-bond acceptors (Lipinski definition) is 3. The first-order valence-electron chi connectivity index (χ1n) is 8.30. The summed E-state index contributed by atoms with van der Waals surface area (Å²) in [6.07, 6.45) is 7.20. The Hall–Kier alpha value is -1.55. The molecule has 1 aromatic rings. The Balaban J connectivity index is 1.93. The molecule has 4 nitrogen and oxygen atoms in total. The Kier molecular flexibility index (Phi) is 6.90. The molecule has 126 valence electrons.